The molecule has 18 heavy (non-hydrogen) atoms. The second-order valence-corrected chi connectivity index (χ2v) is 6.30. The molecule has 1 aliphatic carbocycles. The highest BCUT2D eigenvalue weighted by molar-refractivity contribution is 7.99. The fourth-order valence-electron chi connectivity index (χ4n) is 2.67. The molecule has 5 nitrogen and oxygen atoms in total. The third-order valence-corrected chi connectivity index (χ3v) is 4.91. The van der Waals surface area contributed by atoms with Gasteiger partial charge in [0.15, 0.2) is 5.16 Å². The zero-order valence-electron chi connectivity index (χ0n) is 11.1. The van der Waals surface area contributed by atoms with E-state index in [1.54, 1.807) is 18.1 Å². The molecule has 1 heterocycles. The molecule has 0 spiro atoms. The average molecular weight is 270 g/mol. The lowest BCUT2D eigenvalue weighted by atomic mass is 9.82. The minimum absolute atomic E-state index is 0.0940. The largest absolute Gasteiger partial charge is 0.394 e. The number of aliphatic hydroxyl groups is 1. The number of hydrogen-bond donors (Lipinski definition) is 2. The Morgan fingerprint density at radius 2 is 2.50 bits per heavy atom. The van der Waals surface area contributed by atoms with E-state index in [4.69, 9.17) is 0 Å². The predicted octanol–water partition coefficient (Wildman–Crippen LogP) is 1.19. The van der Waals surface area contributed by atoms with Gasteiger partial charge in [-0.25, -0.2) is 0 Å². The van der Waals surface area contributed by atoms with Crippen molar-refractivity contribution >= 4 is 11.8 Å². The molecule has 0 aromatic carbocycles. The van der Waals surface area contributed by atoms with Crippen molar-refractivity contribution < 1.29 is 5.11 Å². The van der Waals surface area contributed by atoms with E-state index in [2.05, 4.69) is 22.4 Å². The molecule has 2 atom stereocenters. The summed E-state index contributed by atoms with van der Waals surface area (Å²) in [5.74, 6) is 0. The highest BCUT2D eigenvalue weighted by Gasteiger charge is 2.35. The number of likely N-dealkylation sites (N-methyl/N-ethyl adjacent to an activating group) is 1. The molecular formula is C12H22N4OS. The molecule has 0 saturated heterocycles. The Bertz CT molecular complexity index is 380. The summed E-state index contributed by atoms with van der Waals surface area (Å²) in [5.41, 5.74) is -0.0940. The van der Waals surface area contributed by atoms with Gasteiger partial charge in [0.1, 0.15) is 6.33 Å². The van der Waals surface area contributed by atoms with Gasteiger partial charge < -0.3 is 15.0 Å². The minimum Gasteiger partial charge on any atom is -0.394 e. The summed E-state index contributed by atoms with van der Waals surface area (Å²) in [6.45, 7) is 3.22. The molecule has 6 heteroatoms. The van der Waals surface area contributed by atoms with Gasteiger partial charge in [0.2, 0.25) is 0 Å². The molecule has 2 N–H and O–H groups in total. The number of thioether (sulfide) groups is 1. The molecule has 1 saturated carbocycles. The van der Waals surface area contributed by atoms with Crippen molar-refractivity contribution in [1.29, 1.82) is 0 Å². The smallest absolute Gasteiger partial charge is 0.191 e. The summed E-state index contributed by atoms with van der Waals surface area (Å²) in [5, 5.41) is 22.6. The van der Waals surface area contributed by atoms with Crippen LogP contribution < -0.4 is 5.32 Å². The number of hydrogen-bond acceptors (Lipinski definition) is 5. The van der Waals surface area contributed by atoms with Gasteiger partial charge in [-0.05, 0) is 25.8 Å². The monoisotopic (exact) mass is 270 g/mol. The number of aryl methyl sites for hydroxylation is 1. The lowest BCUT2D eigenvalue weighted by Crippen LogP contribution is -2.52. The Morgan fingerprint density at radius 1 is 1.67 bits per heavy atom. The van der Waals surface area contributed by atoms with Gasteiger partial charge in [-0.15, -0.1) is 10.2 Å². The summed E-state index contributed by atoms with van der Waals surface area (Å²) >= 11 is 1.78. The Hall–Kier alpha value is -0.590. The van der Waals surface area contributed by atoms with E-state index < -0.39 is 0 Å². The van der Waals surface area contributed by atoms with Crippen molar-refractivity contribution in [2.45, 2.75) is 48.6 Å². The number of nitrogens with one attached hydrogen (secondary N) is 1. The lowest BCUT2D eigenvalue weighted by Gasteiger charge is -2.40. The molecule has 2 rings (SSSR count). The summed E-state index contributed by atoms with van der Waals surface area (Å²) in [6.07, 6.45) is 6.13. The molecule has 1 aromatic rings. The predicted molar refractivity (Wildman–Crippen MR) is 72.6 cm³/mol. The summed E-state index contributed by atoms with van der Waals surface area (Å²) < 4.78 is 1.95. The zero-order valence-corrected chi connectivity index (χ0v) is 11.9. The fourth-order valence-corrected chi connectivity index (χ4v) is 3.96. The molecule has 102 valence electrons. The molecule has 0 radical (unpaired) electrons. The average Bonchev–Trinajstić information content (AvgIpc) is 2.76. The van der Waals surface area contributed by atoms with Crippen LogP contribution in [0.25, 0.3) is 0 Å². The van der Waals surface area contributed by atoms with E-state index in [1.165, 1.54) is 6.42 Å². The van der Waals surface area contributed by atoms with E-state index >= 15 is 0 Å². The van der Waals surface area contributed by atoms with Gasteiger partial charge >= 0.3 is 0 Å². The van der Waals surface area contributed by atoms with Gasteiger partial charge in [-0.3, -0.25) is 0 Å². The van der Waals surface area contributed by atoms with Gasteiger partial charge in [-0.1, -0.05) is 25.1 Å². The quantitative estimate of drug-likeness (QED) is 0.841. The highest BCUT2D eigenvalue weighted by atomic mass is 32.2. The van der Waals surface area contributed by atoms with Crippen LogP contribution in [0.4, 0.5) is 0 Å². The Kier molecular flexibility index (Phi) is 4.64. The number of aliphatic hydroxyl groups excluding tert-OH is 1. The van der Waals surface area contributed by atoms with E-state index in [1.807, 2.05) is 11.6 Å². The second kappa shape index (κ2) is 6.04. The highest BCUT2D eigenvalue weighted by Crippen LogP contribution is 2.37. The fraction of sp³-hybridized carbons (Fsp3) is 0.833. The van der Waals surface area contributed by atoms with E-state index in [-0.39, 0.29) is 12.1 Å². The summed E-state index contributed by atoms with van der Waals surface area (Å²) in [6, 6.07) is 0. The first-order chi connectivity index (χ1) is 8.69. The van der Waals surface area contributed by atoms with Crippen LogP contribution in [0.2, 0.25) is 0 Å². The first-order valence-electron chi connectivity index (χ1n) is 6.55. The number of nitrogens with zero attached hydrogens (tertiary/aromatic N) is 3. The third kappa shape index (κ3) is 3.05. The van der Waals surface area contributed by atoms with Crippen molar-refractivity contribution in [3.05, 3.63) is 6.33 Å². The van der Waals surface area contributed by atoms with Crippen LogP contribution in [0.3, 0.4) is 0 Å². The Balaban J connectivity index is 2.00. The normalized spacial score (nSPS) is 28.5. The molecule has 0 aliphatic heterocycles. The first-order valence-corrected chi connectivity index (χ1v) is 7.43. The number of aromatic nitrogens is 3. The van der Waals surface area contributed by atoms with Crippen LogP contribution >= 0.6 is 11.8 Å². The lowest BCUT2D eigenvalue weighted by molar-refractivity contribution is 0.125. The van der Waals surface area contributed by atoms with Crippen molar-refractivity contribution in [3.8, 4) is 0 Å². The Labute approximate surface area is 112 Å². The molecule has 0 amide bonds. The zero-order chi connectivity index (χ0) is 13.0. The second-order valence-electron chi connectivity index (χ2n) is 5.03. The first kappa shape index (κ1) is 13.8. The topological polar surface area (TPSA) is 63.0 Å². The number of rotatable bonds is 5. The van der Waals surface area contributed by atoms with Crippen LogP contribution in [0, 0.1) is 0 Å². The van der Waals surface area contributed by atoms with Crippen LogP contribution in [0.1, 0.15) is 32.6 Å². The molecule has 2 unspecified atom stereocenters. The summed E-state index contributed by atoms with van der Waals surface area (Å²) in [4.78, 5) is 0. The van der Waals surface area contributed by atoms with Crippen molar-refractivity contribution in [1.82, 2.24) is 20.1 Å². The maximum atomic E-state index is 9.67. The van der Waals surface area contributed by atoms with Crippen LogP contribution in [-0.4, -0.2) is 43.8 Å². The van der Waals surface area contributed by atoms with Crippen molar-refractivity contribution in [2.24, 2.45) is 7.05 Å². The molecule has 1 aromatic heterocycles. The van der Waals surface area contributed by atoms with E-state index in [9.17, 15) is 5.11 Å². The molecule has 0 bridgehead atoms. The maximum absolute atomic E-state index is 9.67. The van der Waals surface area contributed by atoms with Gasteiger partial charge in [0.05, 0.1) is 6.61 Å². The molecular weight excluding hydrogens is 248 g/mol. The summed E-state index contributed by atoms with van der Waals surface area (Å²) in [7, 11) is 1.97. The van der Waals surface area contributed by atoms with Gasteiger partial charge in [-0.2, -0.15) is 0 Å². The SMILES string of the molecule is CCNC1(CO)CCCC(Sc2nncn2C)C1. The van der Waals surface area contributed by atoms with Crippen molar-refractivity contribution in [3.63, 3.8) is 0 Å². The van der Waals surface area contributed by atoms with Crippen LogP contribution in [-0.2, 0) is 7.05 Å². The third-order valence-electron chi connectivity index (χ3n) is 3.60. The van der Waals surface area contributed by atoms with E-state index in [0.717, 1.165) is 31.0 Å². The van der Waals surface area contributed by atoms with Crippen LogP contribution in [0.5, 0.6) is 0 Å². The van der Waals surface area contributed by atoms with Gasteiger partial charge in [0, 0.05) is 17.8 Å². The Morgan fingerprint density at radius 3 is 3.11 bits per heavy atom. The van der Waals surface area contributed by atoms with Crippen molar-refractivity contribution in [2.75, 3.05) is 13.2 Å². The molecule has 1 fully saturated rings. The van der Waals surface area contributed by atoms with E-state index in [0.29, 0.717) is 5.25 Å². The van der Waals surface area contributed by atoms with Gasteiger partial charge in [0.25, 0.3) is 0 Å². The minimum atomic E-state index is -0.0940. The van der Waals surface area contributed by atoms with Crippen LogP contribution in [0.15, 0.2) is 11.5 Å². The standard InChI is InChI=1S/C12H22N4OS/c1-3-13-12(8-17)6-4-5-10(7-12)18-11-15-14-9-16(11)2/h9-10,13,17H,3-8H2,1-2H3. The maximum Gasteiger partial charge on any atom is 0.191 e. The molecule has 1 aliphatic rings.